The van der Waals surface area contributed by atoms with Gasteiger partial charge in [-0.1, -0.05) is 0 Å². The Morgan fingerprint density at radius 3 is 2.75 bits per heavy atom. The summed E-state index contributed by atoms with van der Waals surface area (Å²) in [6.07, 6.45) is 5.18. The summed E-state index contributed by atoms with van der Waals surface area (Å²) in [5, 5.41) is 10.3. The maximum atomic E-state index is 4.15. The van der Waals surface area contributed by atoms with Crippen molar-refractivity contribution in [3.05, 3.63) is 46.0 Å². The van der Waals surface area contributed by atoms with Crippen LogP contribution in [-0.2, 0) is 7.05 Å². The summed E-state index contributed by atoms with van der Waals surface area (Å²) >= 11 is 1.58. The highest BCUT2D eigenvalue weighted by molar-refractivity contribution is 7.07. The molecule has 0 radical (unpaired) electrons. The molecule has 0 spiro atoms. The van der Waals surface area contributed by atoms with Crippen LogP contribution in [0.15, 0.2) is 40.1 Å². The molecule has 0 bridgehead atoms. The molecule has 0 aliphatic heterocycles. The third-order valence-corrected chi connectivity index (χ3v) is 3.23. The van der Waals surface area contributed by atoms with Gasteiger partial charge in [-0.2, -0.15) is 5.10 Å². The maximum absolute atomic E-state index is 4.15. The second-order valence-electron chi connectivity index (χ2n) is 3.34. The Labute approximate surface area is 97.6 Å². The van der Waals surface area contributed by atoms with E-state index >= 15 is 0 Å². The Bertz CT molecular complexity index is 551. The van der Waals surface area contributed by atoms with Gasteiger partial charge in [-0.05, 0) is 24.6 Å². The molecular formula is C11H12N4S. The molecule has 0 aliphatic carbocycles. The SMILES string of the molecule is Cc1csc(=NN=Cc2ccncc2)n1C. The Balaban J connectivity index is 2.21. The fourth-order valence-corrected chi connectivity index (χ4v) is 1.96. The average molecular weight is 232 g/mol. The number of thiazole rings is 1. The summed E-state index contributed by atoms with van der Waals surface area (Å²) in [4.78, 5) is 4.83. The van der Waals surface area contributed by atoms with Crippen molar-refractivity contribution in [2.45, 2.75) is 6.92 Å². The quantitative estimate of drug-likeness (QED) is 0.574. The van der Waals surface area contributed by atoms with E-state index in [2.05, 4.69) is 20.6 Å². The van der Waals surface area contributed by atoms with Gasteiger partial charge in [0.2, 0.25) is 4.80 Å². The molecule has 0 saturated carbocycles. The number of rotatable bonds is 2. The topological polar surface area (TPSA) is 42.5 Å². The molecule has 5 heteroatoms. The molecule has 0 atom stereocenters. The lowest BCUT2D eigenvalue weighted by Gasteiger charge is -1.91. The number of pyridine rings is 1. The van der Waals surface area contributed by atoms with E-state index in [9.17, 15) is 0 Å². The minimum absolute atomic E-state index is 0.891. The van der Waals surface area contributed by atoms with Crippen molar-refractivity contribution in [3.63, 3.8) is 0 Å². The highest BCUT2D eigenvalue weighted by Crippen LogP contribution is 1.96. The van der Waals surface area contributed by atoms with Crippen molar-refractivity contribution in [2.24, 2.45) is 17.3 Å². The fraction of sp³-hybridized carbons (Fsp3) is 0.182. The van der Waals surface area contributed by atoms with Gasteiger partial charge in [0.25, 0.3) is 0 Å². The fourth-order valence-electron chi connectivity index (χ4n) is 1.13. The Morgan fingerprint density at radius 1 is 1.38 bits per heavy atom. The molecule has 4 nitrogen and oxygen atoms in total. The molecule has 82 valence electrons. The van der Waals surface area contributed by atoms with Crippen LogP contribution in [0.4, 0.5) is 0 Å². The largest absolute Gasteiger partial charge is 0.323 e. The second kappa shape index (κ2) is 4.85. The van der Waals surface area contributed by atoms with Crippen molar-refractivity contribution >= 4 is 17.6 Å². The molecular weight excluding hydrogens is 220 g/mol. The number of aryl methyl sites for hydroxylation is 1. The van der Waals surface area contributed by atoms with E-state index in [1.807, 2.05) is 30.7 Å². The third-order valence-electron chi connectivity index (χ3n) is 2.21. The van der Waals surface area contributed by atoms with Crippen LogP contribution in [-0.4, -0.2) is 15.8 Å². The number of aromatic nitrogens is 2. The van der Waals surface area contributed by atoms with Gasteiger partial charge >= 0.3 is 0 Å². The zero-order chi connectivity index (χ0) is 11.4. The normalized spacial score (nSPS) is 12.5. The zero-order valence-electron chi connectivity index (χ0n) is 9.16. The Hall–Kier alpha value is -1.75. The summed E-state index contributed by atoms with van der Waals surface area (Å²) in [5.41, 5.74) is 2.18. The van der Waals surface area contributed by atoms with Gasteiger partial charge in [-0.25, -0.2) is 0 Å². The molecule has 2 rings (SSSR count). The number of hydrogen-bond acceptors (Lipinski definition) is 4. The van der Waals surface area contributed by atoms with E-state index in [0.29, 0.717) is 0 Å². The van der Waals surface area contributed by atoms with Crippen molar-refractivity contribution in [1.82, 2.24) is 9.55 Å². The summed E-state index contributed by atoms with van der Waals surface area (Å²) in [5.74, 6) is 0. The van der Waals surface area contributed by atoms with E-state index in [-0.39, 0.29) is 0 Å². The van der Waals surface area contributed by atoms with E-state index in [1.54, 1.807) is 29.9 Å². The molecule has 0 fully saturated rings. The van der Waals surface area contributed by atoms with Gasteiger partial charge in [-0.15, -0.1) is 16.4 Å². The van der Waals surface area contributed by atoms with Crippen LogP contribution in [0.3, 0.4) is 0 Å². The van der Waals surface area contributed by atoms with Crippen LogP contribution >= 0.6 is 11.3 Å². The maximum Gasteiger partial charge on any atom is 0.210 e. The van der Waals surface area contributed by atoms with Crippen LogP contribution in [0.25, 0.3) is 0 Å². The summed E-state index contributed by atoms with van der Waals surface area (Å²) < 4.78 is 2.01. The zero-order valence-corrected chi connectivity index (χ0v) is 9.98. The van der Waals surface area contributed by atoms with Gasteiger partial charge in [0, 0.05) is 30.5 Å². The smallest absolute Gasteiger partial charge is 0.210 e. The van der Waals surface area contributed by atoms with Crippen LogP contribution < -0.4 is 4.80 Å². The molecule has 0 amide bonds. The molecule has 16 heavy (non-hydrogen) atoms. The first-order valence-corrected chi connectivity index (χ1v) is 5.73. The van der Waals surface area contributed by atoms with Crippen LogP contribution in [0.5, 0.6) is 0 Å². The van der Waals surface area contributed by atoms with Gasteiger partial charge in [0.15, 0.2) is 0 Å². The van der Waals surface area contributed by atoms with E-state index < -0.39 is 0 Å². The average Bonchev–Trinajstić information content (AvgIpc) is 2.62. The number of hydrogen-bond donors (Lipinski definition) is 0. The summed E-state index contributed by atoms with van der Waals surface area (Å²) in [7, 11) is 1.98. The van der Waals surface area contributed by atoms with Gasteiger partial charge in [-0.3, -0.25) is 4.98 Å². The Morgan fingerprint density at radius 2 is 2.12 bits per heavy atom. The van der Waals surface area contributed by atoms with Crippen LogP contribution in [0.2, 0.25) is 0 Å². The van der Waals surface area contributed by atoms with Crippen molar-refractivity contribution in [1.29, 1.82) is 0 Å². The molecule has 2 heterocycles. The van der Waals surface area contributed by atoms with E-state index in [4.69, 9.17) is 0 Å². The van der Waals surface area contributed by atoms with Crippen LogP contribution in [0.1, 0.15) is 11.3 Å². The molecule has 0 aromatic carbocycles. The third kappa shape index (κ3) is 2.43. The highest BCUT2D eigenvalue weighted by atomic mass is 32.1. The van der Waals surface area contributed by atoms with Crippen molar-refractivity contribution in [3.8, 4) is 0 Å². The highest BCUT2D eigenvalue weighted by Gasteiger charge is 1.93. The first-order chi connectivity index (χ1) is 7.77. The van der Waals surface area contributed by atoms with E-state index in [1.165, 1.54) is 5.69 Å². The first kappa shape index (κ1) is 10.8. The monoisotopic (exact) mass is 232 g/mol. The van der Waals surface area contributed by atoms with Gasteiger partial charge in [0.1, 0.15) is 0 Å². The Kier molecular flexibility index (Phi) is 3.26. The number of nitrogens with zero attached hydrogens (tertiary/aromatic N) is 4. The minimum Gasteiger partial charge on any atom is -0.323 e. The predicted octanol–water partition coefficient (Wildman–Crippen LogP) is 1.72. The summed E-state index contributed by atoms with van der Waals surface area (Å²) in [6.45, 7) is 2.04. The second-order valence-corrected chi connectivity index (χ2v) is 4.18. The van der Waals surface area contributed by atoms with E-state index in [0.717, 1.165) is 10.4 Å². The molecule has 2 aromatic heterocycles. The first-order valence-electron chi connectivity index (χ1n) is 4.85. The lowest BCUT2D eigenvalue weighted by molar-refractivity contribution is 0.820. The van der Waals surface area contributed by atoms with Crippen molar-refractivity contribution < 1.29 is 0 Å². The lowest BCUT2D eigenvalue weighted by Crippen LogP contribution is -2.10. The summed E-state index contributed by atoms with van der Waals surface area (Å²) in [6, 6.07) is 3.78. The predicted molar refractivity (Wildman–Crippen MR) is 65.4 cm³/mol. The molecule has 0 aliphatic rings. The van der Waals surface area contributed by atoms with Gasteiger partial charge in [0.05, 0.1) is 6.21 Å². The molecule has 2 aromatic rings. The molecule has 0 N–H and O–H groups in total. The van der Waals surface area contributed by atoms with Gasteiger partial charge < -0.3 is 4.57 Å². The minimum atomic E-state index is 0.891. The van der Waals surface area contributed by atoms with Crippen LogP contribution in [0, 0.1) is 6.92 Å². The standard InChI is InChI=1S/C11H12N4S/c1-9-8-16-11(15(9)2)14-13-7-10-3-5-12-6-4-10/h3-8H,1-2H3. The van der Waals surface area contributed by atoms with Crippen molar-refractivity contribution in [2.75, 3.05) is 0 Å². The molecule has 0 unspecified atom stereocenters. The molecule has 0 saturated heterocycles. The lowest BCUT2D eigenvalue weighted by atomic mass is 10.3.